The standard InChI is InChI=1S/C19H27BrN4OS/c1-13-17(14(2)25-24-13)10-11-22-18(21-5)23-12-19(3,4)26-16-8-6-15(20)7-9-16/h6-9H,10-12H2,1-5H3,(H2,21,22,23). The van der Waals surface area contributed by atoms with Crippen molar-refractivity contribution in [3.05, 3.63) is 45.8 Å². The van der Waals surface area contributed by atoms with Gasteiger partial charge in [-0.2, -0.15) is 0 Å². The number of thioether (sulfide) groups is 1. The number of hydrogen-bond donors (Lipinski definition) is 2. The van der Waals surface area contributed by atoms with E-state index in [1.165, 1.54) is 10.5 Å². The Morgan fingerprint density at radius 1 is 1.23 bits per heavy atom. The van der Waals surface area contributed by atoms with Crippen molar-refractivity contribution in [1.82, 2.24) is 15.8 Å². The molecule has 142 valence electrons. The lowest BCUT2D eigenvalue weighted by atomic mass is 10.1. The van der Waals surface area contributed by atoms with Crippen molar-refractivity contribution in [2.45, 2.75) is 43.8 Å². The molecule has 0 aliphatic carbocycles. The maximum absolute atomic E-state index is 5.21. The number of aromatic nitrogens is 1. The Hall–Kier alpha value is -1.47. The number of nitrogens with one attached hydrogen (secondary N) is 2. The summed E-state index contributed by atoms with van der Waals surface area (Å²) in [6, 6.07) is 8.41. The molecule has 0 bridgehead atoms. The van der Waals surface area contributed by atoms with Crippen molar-refractivity contribution in [3.8, 4) is 0 Å². The number of aryl methyl sites for hydroxylation is 2. The van der Waals surface area contributed by atoms with Crippen molar-refractivity contribution in [2.75, 3.05) is 20.1 Å². The van der Waals surface area contributed by atoms with Gasteiger partial charge in [0.15, 0.2) is 5.96 Å². The summed E-state index contributed by atoms with van der Waals surface area (Å²) in [5, 5.41) is 10.8. The molecule has 1 aromatic carbocycles. The number of rotatable bonds is 7. The van der Waals surface area contributed by atoms with E-state index in [-0.39, 0.29) is 4.75 Å². The van der Waals surface area contributed by atoms with Gasteiger partial charge in [-0.3, -0.25) is 4.99 Å². The molecular formula is C19H27BrN4OS. The first-order valence-electron chi connectivity index (χ1n) is 8.61. The normalized spacial score (nSPS) is 12.3. The first-order chi connectivity index (χ1) is 12.3. The zero-order valence-electron chi connectivity index (χ0n) is 16.0. The van der Waals surface area contributed by atoms with Crippen LogP contribution in [0.1, 0.15) is 30.9 Å². The molecule has 0 spiro atoms. The second-order valence-corrected chi connectivity index (χ2v) is 9.42. The number of halogens is 1. The summed E-state index contributed by atoms with van der Waals surface area (Å²) in [5.41, 5.74) is 2.12. The molecular weight excluding hydrogens is 412 g/mol. The third kappa shape index (κ3) is 6.36. The van der Waals surface area contributed by atoms with Gasteiger partial charge in [0.25, 0.3) is 0 Å². The minimum atomic E-state index is 0.0348. The number of nitrogens with zero attached hydrogens (tertiary/aromatic N) is 2. The van der Waals surface area contributed by atoms with Gasteiger partial charge in [0.2, 0.25) is 0 Å². The number of guanidine groups is 1. The largest absolute Gasteiger partial charge is 0.361 e. The maximum atomic E-state index is 5.21. The second-order valence-electron chi connectivity index (χ2n) is 6.72. The fourth-order valence-corrected chi connectivity index (χ4v) is 3.86. The average Bonchev–Trinajstić information content (AvgIpc) is 2.91. The lowest BCUT2D eigenvalue weighted by Crippen LogP contribution is -2.43. The maximum Gasteiger partial charge on any atom is 0.191 e. The van der Waals surface area contributed by atoms with E-state index >= 15 is 0 Å². The minimum Gasteiger partial charge on any atom is -0.361 e. The highest BCUT2D eigenvalue weighted by Crippen LogP contribution is 2.32. The molecule has 0 radical (unpaired) electrons. The second kappa shape index (κ2) is 9.46. The Kier molecular flexibility index (Phi) is 7.58. The van der Waals surface area contributed by atoms with Gasteiger partial charge in [-0.1, -0.05) is 21.1 Å². The quantitative estimate of drug-likeness (QED) is 0.382. The van der Waals surface area contributed by atoms with Crippen molar-refractivity contribution in [1.29, 1.82) is 0 Å². The van der Waals surface area contributed by atoms with E-state index in [2.05, 4.69) is 74.8 Å². The molecule has 0 fully saturated rings. The zero-order chi connectivity index (χ0) is 19.2. The van der Waals surface area contributed by atoms with Gasteiger partial charge >= 0.3 is 0 Å². The van der Waals surface area contributed by atoms with Crippen LogP contribution >= 0.6 is 27.7 Å². The van der Waals surface area contributed by atoms with E-state index in [9.17, 15) is 0 Å². The fraction of sp³-hybridized carbons (Fsp3) is 0.474. The summed E-state index contributed by atoms with van der Waals surface area (Å²) in [5.74, 6) is 1.69. The van der Waals surface area contributed by atoms with Crippen LogP contribution in [0, 0.1) is 13.8 Å². The lowest BCUT2D eigenvalue weighted by molar-refractivity contribution is 0.392. The first kappa shape index (κ1) is 20.8. The Morgan fingerprint density at radius 3 is 2.50 bits per heavy atom. The summed E-state index contributed by atoms with van der Waals surface area (Å²) >= 11 is 5.32. The van der Waals surface area contributed by atoms with Gasteiger partial charge in [-0.05, 0) is 58.4 Å². The molecule has 0 aliphatic heterocycles. The van der Waals surface area contributed by atoms with E-state index in [0.717, 1.165) is 41.4 Å². The predicted octanol–water partition coefficient (Wildman–Crippen LogP) is 4.33. The van der Waals surface area contributed by atoms with Crippen LogP contribution in [-0.2, 0) is 6.42 Å². The van der Waals surface area contributed by atoms with Crippen LogP contribution in [-0.4, -0.2) is 36.0 Å². The van der Waals surface area contributed by atoms with Crippen LogP contribution in [0.25, 0.3) is 0 Å². The Bertz CT molecular complexity index is 721. The summed E-state index contributed by atoms with van der Waals surface area (Å²) in [6.45, 7) is 9.96. The molecule has 0 atom stereocenters. The minimum absolute atomic E-state index is 0.0348. The van der Waals surface area contributed by atoms with Crippen molar-refractivity contribution in [2.24, 2.45) is 4.99 Å². The third-order valence-corrected chi connectivity index (χ3v) is 5.70. The first-order valence-corrected chi connectivity index (χ1v) is 10.2. The van der Waals surface area contributed by atoms with Crippen LogP contribution in [0.15, 0.2) is 43.1 Å². The number of aliphatic imine (C=N–C) groups is 1. The topological polar surface area (TPSA) is 62.5 Å². The summed E-state index contributed by atoms with van der Waals surface area (Å²) in [7, 11) is 1.79. The smallest absolute Gasteiger partial charge is 0.191 e. The Balaban J connectivity index is 1.80. The van der Waals surface area contributed by atoms with E-state index in [4.69, 9.17) is 4.52 Å². The van der Waals surface area contributed by atoms with Gasteiger partial charge in [0.05, 0.1) is 5.69 Å². The summed E-state index contributed by atoms with van der Waals surface area (Å²) < 4.78 is 6.34. The SMILES string of the molecule is CN=C(NCCc1c(C)noc1C)NCC(C)(C)Sc1ccc(Br)cc1. The fourth-order valence-electron chi connectivity index (χ4n) is 2.54. The molecule has 0 saturated carbocycles. The highest BCUT2D eigenvalue weighted by molar-refractivity contribution is 9.10. The van der Waals surface area contributed by atoms with E-state index in [1.807, 2.05) is 25.6 Å². The molecule has 0 unspecified atom stereocenters. The molecule has 5 nitrogen and oxygen atoms in total. The van der Waals surface area contributed by atoms with Crippen LogP contribution < -0.4 is 10.6 Å². The molecule has 0 saturated heterocycles. The van der Waals surface area contributed by atoms with Gasteiger partial charge in [-0.15, -0.1) is 11.8 Å². The molecule has 2 aromatic rings. The van der Waals surface area contributed by atoms with E-state index in [1.54, 1.807) is 7.05 Å². The van der Waals surface area contributed by atoms with Gasteiger partial charge in [-0.25, -0.2) is 0 Å². The lowest BCUT2D eigenvalue weighted by Gasteiger charge is -2.25. The van der Waals surface area contributed by atoms with Crippen LogP contribution in [0.2, 0.25) is 0 Å². The van der Waals surface area contributed by atoms with E-state index < -0.39 is 0 Å². The number of hydrogen-bond acceptors (Lipinski definition) is 4. The summed E-state index contributed by atoms with van der Waals surface area (Å²) in [4.78, 5) is 5.56. The predicted molar refractivity (Wildman–Crippen MR) is 113 cm³/mol. The zero-order valence-corrected chi connectivity index (χ0v) is 18.4. The molecule has 1 aromatic heterocycles. The molecule has 2 N–H and O–H groups in total. The van der Waals surface area contributed by atoms with Crippen LogP contribution in [0.5, 0.6) is 0 Å². The molecule has 0 amide bonds. The van der Waals surface area contributed by atoms with Gasteiger partial charge < -0.3 is 15.2 Å². The van der Waals surface area contributed by atoms with Crippen molar-refractivity contribution < 1.29 is 4.52 Å². The summed E-state index contributed by atoms with van der Waals surface area (Å²) in [6.07, 6.45) is 0.860. The highest BCUT2D eigenvalue weighted by Gasteiger charge is 2.20. The molecule has 1 heterocycles. The van der Waals surface area contributed by atoms with Crippen LogP contribution in [0.3, 0.4) is 0 Å². The highest BCUT2D eigenvalue weighted by atomic mass is 79.9. The molecule has 2 rings (SSSR count). The van der Waals surface area contributed by atoms with Crippen molar-refractivity contribution >= 4 is 33.7 Å². The molecule has 7 heteroatoms. The Labute approximate surface area is 168 Å². The average molecular weight is 439 g/mol. The number of benzene rings is 1. The van der Waals surface area contributed by atoms with Gasteiger partial charge in [0, 0.05) is 39.8 Å². The van der Waals surface area contributed by atoms with E-state index in [0.29, 0.717) is 0 Å². The molecule has 26 heavy (non-hydrogen) atoms. The third-order valence-electron chi connectivity index (χ3n) is 3.96. The molecule has 0 aliphatic rings. The Morgan fingerprint density at radius 2 is 1.92 bits per heavy atom. The van der Waals surface area contributed by atoms with Crippen LogP contribution in [0.4, 0.5) is 0 Å². The monoisotopic (exact) mass is 438 g/mol. The van der Waals surface area contributed by atoms with Gasteiger partial charge in [0.1, 0.15) is 5.76 Å². The van der Waals surface area contributed by atoms with Crippen molar-refractivity contribution in [3.63, 3.8) is 0 Å².